The first-order valence-corrected chi connectivity index (χ1v) is 6.74. The Hall–Kier alpha value is -0.570. The van der Waals surface area contributed by atoms with Gasteiger partial charge in [-0.25, -0.2) is 0 Å². The predicted octanol–water partition coefficient (Wildman–Crippen LogP) is 1.83. The minimum absolute atomic E-state index is 0.307. The lowest BCUT2D eigenvalue weighted by Crippen LogP contribution is -2.65. The summed E-state index contributed by atoms with van der Waals surface area (Å²) in [4.78, 5) is 17.2. The maximum Gasteiger partial charge on any atom is 0.228 e. The van der Waals surface area contributed by atoms with Gasteiger partial charge in [-0.3, -0.25) is 9.69 Å². The largest absolute Gasteiger partial charge is 0.324 e. The molecule has 2 saturated heterocycles. The molecule has 1 amide bonds. The summed E-state index contributed by atoms with van der Waals surface area (Å²) in [6, 6.07) is 0.995. The average molecular weight is 222 g/mol. The van der Waals surface area contributed by atoms with E-state index in [-0.39, 0.29) is 0 Å². The van der Waals surface area contributed by atoms with Crippen LogP contribution >= 0.6 is 0 Å². The smallest absolute Gasteiger partial charge is 0.228 e. The van der Waals surface area contributed by atoms with Gasteiger partial charge in [0.15, 0.2) is 0 Å². The fraction of sp³-hybridized carbons (Fsp3) is 0.923. The Labute approximate surface area is 97.8 Å². The van der Waals surface area contributed by atoms with Gasteiger partial charge >= 0.3 is 0 Å². The zero-order valence-electron chi connectivity index (χ0n) is 10.4. The van der Waals surface area contributed by atoms with Crippen LogP contribution in [0.2, 0.25) is 0 Å². The van der Waals surface area contributed by atoms with E-state index in [1.54, 1.807) is 0 Å². The zero-order chi connectivity index (χ0) is 11.3. The van der Waals surface area contributed by atoms with Crippen molar-refractivity contribution in [3.8, 4) is 0 Å². The molecule has 0 spiro atoms. The van der Waals surface area contributed by atoms with Crippen molar-refractivity contribution in [1.82, 2.24) is 9.80 Å². The van der Waals surface area contributed by atoms with Crippen LogP contribution in [0.4, 0.5) is 0 Å². The Morgan fingerprint density at radius 2 is 1.88 bits per heavy atom. The van der Waals surface area contributed by atoms with Crippen LogP contribution < -0.4 is 0 Å². The van der Waals surface area contributed by atoms with Gasteiger partial charge in [0.05, 0.1) is 12.1 Å². The molecule has 3 nitrogen and oxygen atoms in total. The summed E-state index contributed by atoms with van der Waals surface area (Å²) in [6.07, 6.45) is 7.62. The number of hydrogen-bond donors (Lipinski definition) is 0. The predicted molar refractivity (Wildman–Crippen MR) is 62.8 cm³/mol. The van der Waals surface area contributed by atoms with E-state index in [4.69, 9.17) is 0 Å². The first-order valence-electron chi connectivity index (χ1n) is 6.74. The molecule has 3 fully saturated rings. The highest BCUT2D eigenvalue weighted by molar-refractivity contribution is 5.81. The monoisotopic (exact) mass is 222 g/mol. The molecule has 0 aromatic rings. The van der Waals surface area contributed by atoms with Crippen LogP contribution in [0.1, 0.15) is 45.4 Å². The van der Waals surface area contributed by atoms with Gasteiger partial charge in [-0.05, 0) is 46.1 Å². The Balaban J connectivity index is 1.91. The Bertz CT molecular complexity index is 304. The number of fused-ring (bicyclic) bond motifs is 2. The van der Waals surface area contributed by atoms with E-state index in [1.165, 1.54) is 32.1 Å². The molecule has 3 aliphatic rings. The lowest BCUT2D eigenvalue weighted by atomic mass is 9.89. The van der Waals surface area contributed by atoms with Crippen molar-refractivity contribution in [1.29, 1.82) is 0 Å². The minimum atomic E-state index is 0.307. The number of amides is 1. The van der Waals surface area contributed by atoms with Crippen LogP contribution in [-0.2, 0) is 4.79 Å². The van der Waals surface area contributed by atoms with Gasteiger partial charge < -0.3 is 4.90 Å². The molecule has 1 saturated carbocycles. The molecule has 3 rings (SSSR count). The fourth-order valence-electron chi connectivity index (χ4n) is 4.06. The van der Waals surface area contributed by atoms with E-state index in [2.05, 4.69) is 23.8 Å². The summed E-state index contributed by atoms with van der Waals surface area (Å²) < 4.78 is 0. The molecule has 4 unspecified atom stereocenters. The molecule has 0 bridgehead atoms. The molecule has 0 N–H and O–H groups in total. The van der Waals surface area contributed by atoms with Gasteiger partial charge in [0.25, 0.3) is 0 Å². The molecular weight excluding hydrogens is 200 g/mol. The van der Waals surface area contributed by atoms with Crippen molar-refractivity contribution in [2.45, 2.75) is 63.7 Å². The standard InChI is InChI=1S/C13H22N2O/c1-9-5-3-8-12-14(2)11-7-4-6-10(11)13(16)15(9)12/h9-12H,3-8H2,1-2H3. The number of carbonyl (C=O) groups excluding carboxylic acids is 1. The van der Waals surface area contributed by atoms with Crippen LogP contribution in [0.5, 0.6) is 0 Å². The summed E-state index contributed by atoms with van der Waals surface area (Å²) in [5.74, 6) is 0.764. The van der Waals surface area contributed by atoms with Crippen molar-refractivity contribution >= 4 is 5.91 Å². The molecule has 3 heteroatoms. The Morgan fingerprint density at radius 1 is 1.12 bits per heavy atom. The number of piperidine rings is 1. The summed E-state index contributed by atoms with van der Waals surface area (Å²) in [6.45, 7) is 2.22. The van der Waals surface area contributed by atoms with Crippen molar-refractivity contribution in [3.05, 3.63) is 0 Å². The maximum absolute atomic E-state index is 12.5. The summed E-state index contributed by atoms with van der Waals surface area (Å²) in [7, 11) is 2.23. The third-order valence-electron chi connectivity index (χ3n) is 4.92. The van der Waals surface area contributed by atoms with Crippen LogP contribution in [0.15, 0.2) is 0 Å². The first-order chi connectivity index (χ1) is 7.70. The van der Waals surface area contributed by atoms with Crippen molar-refractivity contribution in [2.24, 2.45) is 5.92 Å². The highest BCUT2D eigenvalue weighted by Crippen LogP contribution is 2.40. The van der Waals surface area contributed by atoms with Crippen LogP contribution in [-0.4, -0.2) is 41.0 Å². The molecule has 0 radical (unpaired) electrons. The molecule has 2 heterocycles. The number of carbonyl (C=O) groups is 1. The first kappa shape index (κ1) is 10.6. The lowest BCUT2D eigenvalue weighted by Gasteiger charge is -2.52. The van der Waals surface area contributed by atoms with E-state index in [9.17, 15) is 4.79 Å². The lowest BCUT2D eigenvalue weighted by molar-refractivity contribution is -0.162. The van der Waals surface area contributed by atoms with Gasteiger partial charge in [0.1, 0.15) is 0 Å². The summed E-state index contributed by atoms with van der Waals surface area (Å²) in [5.41, 5.74) is 0. The molecular formula is C13H22N2O. The molecule has 0 aromatic carbocycles. The van der Waals surface area contributed by atoms with E-state index in [0.717, 1.165) is 6.42 Å². The topological polar surface area (TPSA) is 23.6 Å². The second-order valence-electron chi connectivity index (χ2n) is 5.78. The maximum atomic E-state index is 12.5. The highest BCUT2D eigenvalue weighted by Gasteiger charge is 2.49. The fourth-order valence-corrected chi connectivity index (χ4v) is 4.06. The van der Waals surface area contributed by atoms with Crippen LogP contribution in [0.3, 0.4) is 0 Å². The Morgan fingerprint density at radius 3 is 2.69 bits per heavy atom. The normalized spacial score (nSPS) is 44.4. The van der Waals surface area contributed by atoms with Crippen molar-refractivity contribution in [2.75, 3.05) is 7.05 Å². The average Bonchev–Trinajstić information content (AvgIpc) is 2.75. The van der Waals surface area contributed by atoms with Crippen LogP contribution in [0, 0.1) is 5.92 Å². The van der Waals surface area contributed by atoms with Crippen LogP contribution in [0.25, 0.3) is 0 Å². The van der Waals surface area contributed by atoms with Gasteiger partial charge in [0, 0.05) is 12.1 Å². The highest BCUT2D eigenvalue weighted by atomic mass is 16.2. The third kappa shape index (κ3) is 1.33. The zero-order valence-corrected chi connectivity index (χ0v) is 10.4. The molecule has 4 atom stereocenters. The number of hydrogen-bond acceptors (Lipinski definition) is 2. The molecule has 1 aliphatic carbocycles. The van der Waals surface area contributed by atoms with E-state index >= 15 is 0 Å². The molecule has 16 heavy (non-hydrogen) atoms. The minimum Gasteiger partial charge on any atom is -0.324 e. The second kappa shape index (κ2) is 3.73. The van der Waals surface area contributed by atoms with Gasteiger partial charge in [-0.2, -0.15) is 0 Å². The SMILES string of the molecule is CC1CCCC2N(C)C3CCCC3C(=O)N12. The number of nitrogens with zero attached hydrogens (tertiary/aromatic N) is 2. The second-order valence-corrected chi connectivity index (χ2v) is 5.78. The van der Waals surface area contributed by atoms with E-state index < -0.39 is 0 Å². The molecule has 2 aliphatic heterocycles. The quantitative estimate of drug-likeness (QED) is 0.624. The van der Waals surface area contributed by atoms with Gasteiger partial charge in [-0.15, -0.1) is 0 Å². The van der Waals surface area contributed by atoms with Gasteiger partial charge in [0.2, 0.25) is 5.91 Å². The van der Waals surface area contributed by atoms with Crippen molar-refractivity contribution < 1.29 is 4.79 Å². The molecule has 0 aromatic heterocycles. The van der Waals surface area contributed by atoms with E-state index in [1.807, 2.05) is 0 Å². The summed E-state index contributed by atoms with van der Waals surface area (Å²) >= 11 is 0. The number of rotatable bonds is 0. The van der Waals surface area contributed by atoms with Gasteiger partial charge in [-0.1, -0.05) is 6.42 Å². The Kier molecular flexibility index (Phi) is 2.46. The third-order valence-corrected chi connectivity index (χ3v) is 4.92. The molecule has 90 valence electrons. The van der Waals surface area contributed by atoms with E-state index in [0.29, 0.717) is 30.1 Å². The summed E-state index contributed by atoms with van der Waals surface area (Å²) in [5, 5.41) is 0. The van der Waals surface area contributed by atoms with Crippen molar-refractivity contribution in [3.63, 3.8) is 0 Å².